The first-order chi connectivity index (χ1) is 8.72. The van der Waals surface area contributed by atoms with Crippen LogP contribution in [0.1, 0.15) is 24.8 Å². The maximum atomic E-state index is 13.8. The van der Waals surface area contributed by atoms with Crippen molar-refractivity contribution in [2.75, 3.05) is 11.5 Å². The summed E-state index contributed by atoms with van der Waals surface area (Å²) in [6.45, 7) is 0. The van der Waals surface area contributed by atoms with Crippen LogP contribution in [0.5, 0.6) is 0 Å². The van der Waals surface area contributed by atoms with Gasteiger partial charge in [0.15, 0.2) is 0 Å². The fourth-order valence-electron chi connectivity index (χ4n) is 2.43. The van der Waals surface area contributed by atoms with Crippen LogP contribution < -0.4 is 0 Å². The van der Waals surface area contributed by atoms with E-state index in [-0.39, 0.29) is 17.9 Å². The lowest BCUT2D eigenvalue weighted by atomic mass is 9.95. The summed E-state index contributed by atoms with van der Waals surface area (Å²) in [6, 6.07) is 6.53. The Morgan fingerprint density at radius 1 is 1.39 bits per heavy atom. The first-order valence-electron chi connectivity index (χ1n) is 6.26. The molecule has 0 N–H and O–H groups in total. The summed E-state index contributed by atoms with van der Waals surface area (Å²) in [7, 11) is 0. The molecule has 1 unspecified atom stereocenters. The van der Waals surface area contributed by atoms with Crippen molar-refractivity contribution in [1.82, 2.24) is 0 Å². The molecule has 1 aliphatic heterocycles. The number of rotatable bonds is 3. The molecule has 0 spiro atoms. The molecule has 0 radical (unpaired) electrons. The maximum absolute atomic E-state index is 13.8. The summed E-state index contributed by atoms with van der Waals surface area (Å²) < 4.78 is 19.3. The van der Waals surface area contributed by atoms with Gasteiger partial charge in [-0.05, 0) is 31.1 Å². The van der Waals surface area contributed by atoms with Crippen LogP contribution in [0.15, 0.2) is 24.3 Å². The zero-order valence-electron chi connectivity index (χ0n) is 10.0. The van der Waals surface area contributed by atoms with Crippen molar-refractivity contribution in [2.45, 2.75) is 30.8 Å². The lowest BCUT2D eigenvalue weighted by Gasteiger charge is -2.18. The first kappa shape index (κ1) is 12.0. The molecule has 96 valence electrons. The Kier molecular flexibility index (Phi) is 3.06. The zero-order valence-corrected chi connectivity index (χ0v) is 10.8. The van der Waals surface area contributed by atoms with Crippen LogP contribution in [-0.2, 0) is 14.9 Å². The number of carbonyl (C=O) groups excluding carboxylic acids is 1. The minimum absolute atomic E-state index is 0.0201. The lowest BCUT2D eigenvalue weighted by molar-refractivity contribution is -0.151. The van der Waals surface area contributed by atoms with Crippen LogP contribution >= 0.6 is 11.8 Å². The fraction of sp³-hybridized carbons (Fsp3) is 0.500. The Labute approximate surface area is 110 Å². The number of esters is 1. The highest BCUT2D eigenvalue weighted by atomic mass is 32.2. The minimum Gasteiger partial charge on any atom is -0.461 e. The van der Waals surface area contributed by atoms with Crippen molar-refractivity contribution in [3.05, 3.63) is 35.6 Å². The fourth-order valence-corrected chi connectivity index (χ4v) is 3.52. The van der Waals surface area contributed by atoms with Gasteiger partial charge in [0, 0.05) is 11.3 Å². The number of carbonyl (C=O) groups is 1. The molecular formula is C14H15FO2S. The summed E-state index contributed by atoms with van der Waals surface area (Å²) in [5, 5.41) is 0. The predicted octanol–water partition coefficient (Wildman–Crippen LogP) is 2.91. The van der Waals surface area contributed by atoms with Crippen LogP contribution in [0.2, 0.25) is 0 Å². The second-order valence-corrected chi connectivity index (χ2v) is 6.10. The van der Waals surface area contributed by atoms with Crippen LogP contribution in [0, 0.1) is 5.82 Å². The van der Waals surface area contributed by atoms with E-state index in [0.29, 0.717) is 18.4 Å². The molecule has 0 bridgehead atoms. The Hall–Kier alpha value is -1.03. The Morgan fingerprint density at radius 3 is 2.78 bits per heavy atom. The van der Waals surface area contributed by atoms with Gasteiger partial charge in [-0.3, -0.25) is 4.79 Å². The highest BCUT2D eigenvalue weighted by molar-refractivity contribution is 7.99. The van der Waals surface area contributed by atoms with Gasteiger partial charge < -0.3 is 4.74 Å². The molecule has 1 atom stereocenters. The summed E-state index contributed by atoms with van der Waals surface area (Å²) in [5.74, 6) is 1.39. The second-order valence-electron chi connectivity index (χ2n) is 4.95. The van der Waals surface area contributed by atoms with Gasteiger partial charge in [-0.1, -0.05) is 18.2 Å². The number of hydrogen-bond donors (Lipinski definition) is 0. The van der Waals surface area contributed by atoms with E-state index in [1.54, 1.807) is 30.0 Å². The van der Waals surface area contributed by atoms with Crippen LogP contribution in [-0.4, -0.2) is 23.6 Å². The molecule has 2 aliphatic rings. The van der Waals surface area contributed by atoms with Gasteiger partial charge >= 0.3 is 5.97 Å². The molecule has 1 aromatic rings. The SMILES string of the molecule is O=C(OC1CCSC1)C1(c2ccccc2F)CC1. The summed E-state index contributed by atoms with van der Waals surface area (Å²) >= 11 is 1.80. The van der Waals surface area contributed by atoms with E-state index >= 15 is 0 Å². The van der Waals surface area contributed by atoms with Gasteiger partial charge in [-0.25, -0.2) is 4.39 Å². The predicted molar refractivity (Wildman–Crippen MR) is 69.1 cm³/mol. The van der Waals surface area contributed by atoms with E-state index in [1.807, 2.05) is 0 Å². The summed E-state index contributed by atoms with van der Waals surface area (Å²) in [5.41, 5.74) is -0.195. The summed E-state index contributed by atoms with van der Waals surface area (Å²) in [4.78, 5) is 12.2. The van der Waals surface area contributed by atoms with Gasteiger partial charge in [0.25, 0.3) is 0 Å². The van der Waals surface area contributed by atoms with Crippen LogP contribution in [0.3, 0.4) is 0 Å². The third-order valence-electron chi connectivity index (χ3n) is 3.69. The number of benzene rings is 1. The topological polar surface area (TPSA) is 26.3 Å². The average molecular weight is 266 g/mol. The van der Waals surface area contributed by atoms with Crippen LogP contribution in [0.4, 0.5) is 4.39 Å². The number of ether oxygens (including phenoxy) is 1. The standard InChI is InChI=1S/C14H15FO2S/c15-12-4-2-1-3-11(12)14(6-7-14)13(16)17-10-5-8-18-9-10/h1-4,10H,5-9H2. The lowest BCUT2D eigenvalue weighted by Crippen LogP contribution is -2.29. The third kappa shape index (κ3) is 2.03. The van der Waals surface area contributed by atoms with Crippen molar-refractivity contribution in [3.63, 3.8) is 0 Å². The van der Waals surface area contributed by atoms with Gasteiger partial charge in [0.1, 0.15) is 11.9 Å². The van der Waals surface area contributed by atoms with E-state index in [4.69, 9.17) is 4.74 Å². The van der Waals surface area contributed by atoms with Crippen molar-refractivity contribution in [2.24, 2.45) is 0 Å². The molecule has 18 heavy (non-hydrogen) atoms. The quantitative estimate of drug-likeness (QED) is 0.787. The number of thioether (sulfide) groups is 1. The molecule has 2 fully saturated rings. The second kappa shape index (κ2) is 4.57. The first-order valence-corrected chi connectivity index (χ1v) is 7.42. The van der Waals surface area contributed by atoms with Gasteiger partial charge in [-0.15, -0.1) is 0 Å². The summed E-state index contributed by atoms with van der Waals surface area (Å²) in [6.07, 6.45) is 2.34. The van der Waals surface area contributed by atoms with Crippen molar-refractivity contribution >= 4 is 17.7 Å². The molecular weight excluding hydrogens is 251 g/mol. The highest BCUT2D eigenvalue weighted by Gasteiger charge is 2.54. The molecule has 1 aromatic carbocycles. The molecule has 4 heteroatoms. The molecule has 1 saturated heterocycles. The smallest absolute Gasteiger partial charge is 0.316 e. The molecule has 1 heterocycles. The van der Waals surface area contributed by atoms with E-state index in [0.717, 1.165) is 17.9 Å². The van der Waals surface area contributed by atoms with Crippen molar-refractivity contribution in [1.29, 1.82) is 0 Å². The van der Waals surface area contributed by atoms with E-state index in [1.165, 1.54) is 6.07 Å². The van der Waals surface area contributed by atoms with E-state index in [2.05, 4.69) is 0 Å². The monoisotopic (exact) mass is 266 g/mol. The van der Waals surface area contributed by atoms with Gasteiger partial charge in [0.05, 0.1) is 5.41 Å². The molecule has 0 amide bonds. The molecule has 1 aliphatic carbocycles. The third-order valence-corrected chi connectivity index (χ3v) is 4.82. The zero-order chi connectivity index (χ0) is 12.6. The van der Waals surface area contributed by atoms with Gasteiger partial charge in [-0.2, -0.15) is 11.8 Å². The molecule has 2 nitrogen and oxygen atoms in total. The molecule has 1 saturated carbocycles. The highest BCUT2D eigenvalue weighted by Crippen LogP contribution is 2.50. The average Bonchev–Trinajstić information content (AvgIpc) is 3.02. The van der Waals surface area contributed by atoms with Crippen molar-refractivity contribution in [3.8, 4) is 0 Å². The van der Waals surface area contributed by atoms with Crippen molar-refractivity contribution < 1.29 is 13.9 Å². The van der Waals surface area contributed by atoms with E-state index < -0.39 is 5.41 Å². The normalized spacial score (nSPS) is 24.8. The number of hydrogen-bond acceptors (Lipinski definition) is 3. The Morgan fingerprint density at radius 2 is 2.17 bits per heavy atom. The number of halogens is 1. The Bertz CT molecular complexity index is 465. The minimum atomic E-state index is -0.696. The Balaban J connectivity index is 1.78. The van der Waals surface area contributed by atoms with Gasteiger partial charge in [0.2, 0.25) is 0 Å². The largest absolute Gasteiger partial charge is 0.461 e. The molecule has 3 rings (SSSR count). The molecule has 0 aromatic heterocycles. The van der Waals surface area contributed by atoms with Crippen LogP contribution in [0.25, 0.3) is 0 Å². The maximum Gasteiger partial charge on any atom is 0.316 e. The van der Waals surface area contributed by atoms with E-state index in [9.17, 15) is 9.18 Å².